The first-order chi connectivity index (χ1) is 12.6. The molecule has 3 nitrogen and oxygen atoms in total. The minimum absolute atomic E-state index is 0.160. The molecule has 1 aromatic carbocycles. The van der Waals surface area contributed by atoms with Crippen molar-refractivity contribution in [3.63, 3.8) is 0 Å². The Labute approximate surface area is 163 Å². The summed E-state index contributed by atoms with van der Waals surface area (Å²) in [4.78, 5) is 1.24. The summed E-state index contributed by atoms with van der Waals surface area (Å²) in [6.07, 6.45) is 3.74. The molecular formula is C21H21N2OS2+. The first kappa shape index (κ1) is 18.3. The van der Waals surface area contributed by atoms with Gasteiger partial charge in [0.15, 0.2) is 17.4 Å². The number of nitrogens with zero attached hydrogens (tertiary/aromatic N) is 1. The van der Waals surface area contributed by atoms with Crippen LogP contribution in [0.5, 0.6) is 0 Å². The minimum atomic E-state index is 0.160. The monoisotopic (exact) mass is 381 g/mol. The van der Waals surface area contributed by atoms with Crippen LogP contribution >= 0.6 is 23.6 Å². The lowest BCUT2D eigenvalue weighted by atomic mass is 10.0. The van der Waals surface area contributed by atoms with Crippen molar-refractivity contribution < 1.29 is 9.67 Å². The molecule has 2 N–H and O–H groups in total. The quantitative estimate of drug-likeness (QED) is 0.266. The highest BCUT2D eigenvalue weighted by molar-refractivity contribution is 7.81. The maximum Gasteiger partial charge on any atom is 0.289 e. The summed E-state index contributed by atoms with van der Waals surface area (Å²) in [5.74, 6) is 0.640. The molecule has 3 aromatic rings. The van der Waals surface area contributed by atoms with E-state index in [4.69, 9.17) is 12.2 Å². The lowest BCUT2D eigenvalue weighted by molar-refractivity contribution is -0.575. The number of benzene rings is 1. The number of hydrogen-bond donors (Lipinski definition) is 2. The Hall–Kier alpha value is -2.50. The van der Waals surface area contributed by atoms with E-state index in [1.165, 1.54) is 16.9 Å². The van der Waals surface area contributed by atoms with Gasteiger partial charge in [0.1, 0.15) is 0 Å². The van der Waals surface area contributed by atoms with Crippen molar-refractivity contribution in [2.45, 2.75) is 19.8 Å². The third-order valence-electron chi connectivity index (χ3n) is 4.00. The van der Waals surface area contributed by atoms with Gasteiger partial charge >= 0.3 is 0 Å². The molecule has 5 heteroatoms. The van der Waals surface area contributed by atoms with Crippen LogP contribution in [0.3, 0.4) is 0 Å². The van der Waals surface area contributed by atoms with Crippen molar-refractivity contribution in [3.05, 3.63) is 82.8 Å². The Bertz CT molecular complexity index is 899. The Morgan fingerprint density at radius 3 is 2.31 bits per heavy atom. The molecule has 0 unspecified atom stereocenters. The number of aliphatic hydroxyl groups excluding tert-OH is 1. The summed E-state index contributed by atoms with van der Waals surface area (Å²) in [5.41, 5.74) is 2.72. The number of thiophene rings is 1. The maximum absolute atomic E-state index is 10.8. The van der Waals surface area contributed by atoms with Crippen molar-refractivity contribution in [3.8, 4) is 0 Å². The van der Waals surface area contributed by atoms with Crippen LogP contribution in [-0.2, 0) is 0 Å². The molecule has 0 saturated carbocycles. The van der Waals surface area contributed by atoms with Crippen molar-refractivity contribution >= 4 is 45.7 Å². The topological polar surface area (TPSA) is 36.1 Å². The van der Waals surface area contributed by atoms with Crippen molar-refractivity contribution in [1.82, 2.24) is 0 Å². The summed E-state index contributed by atoms with van der Waals surface area (Å²) < 4.78 is 1.83. The molecule has 0 fully saturated rings. The summed E-state index contributed by atoms with van der Waals surface area (Å²) in [7, 11) is 0. The molecular weight excluding hydrogens is 360 g/mol. The van der Waals surface area contributed by atoms with Crippen molar-refractivity contribution in [2.24, 2.45) is 0 Å². The number of anilines is 1. The van der Waals surface area contributed by atoms with Crippen LogP contribution < -0.4 is 9.88 Å². The van der Waals surface area contributed by atoms with Gasteiger partial charge in [-0.15, -0.1) is 11.3 Å². The van der Waals surface area contributed by atoms with Gasteiger partial charge in [-0.1, -0.05) is 50.3 Å². The van der Waals surface area contributed by atoms with Crippen molar-refractivity contribution in [2.75, 3.05) is 5.32 Å². The molecule has 0 radical (unpaired) electrons. The van der Waals surface area contributed by atoms with E-state index in [9.17, 15) is 5.11 Å². The van der Waals surface area contributed by atoms with Crippen LogP contribution in [0, 0.1) is 0 Å². The molecule has 26 heavy (non-hydrogen) atoms. The van der Waals surface area contributed by atoms with Crippen molar-refractivity contribution in [1.29, 1.82) is 0 Å². The predicted octanol–water partition coefficient (Wildman–Crippen LogP) is 5.48. The molecule has 0 aliphatic rings. The summed E-state index contributed by atoms with van der Waals surface area (Å²) in [5, 5.41) is 16.0. The molecule has 0 amide bonds. The smallest absolute Gasteiger partial charge is 0.289 e. The fourth-order valence-electron chi connectivity index (χ4n) is 2.57. The van der Waals surface area contributed by atoms with Crippen LogP contribution in [0.15, 0.2) is 72.4 Å². The Morgan fingerprint density at radius 1 is 1.04 bits per heavy atom. The average molecular weight is 382 g/mol. The molecule has 0 spiro atoms. The zero-order chi connectivity index (χ0) is 18.5. The highest BCUT2D eigenvalue weighted by Gasteiger charge is 2.24. The van der Waals surface area contributed by atoms with Gasteiger partial charge in [-0.25, -0.2) is 0 Å². The summed E-state index contributed by atoms with van der Waals surface area (Å²) in [6.45, 7) is 4.33. The number of aliphatic hydroxyl groups is 1. The zero-order valence-corrected chi connectivity index (χ0v) is 16.3. The van der Waals surface area contributed by atoms with Gasteiger partial charge in [0.25, 0.3) is 5.70 Å². The van der Waals surface area contributed by atoms with E-state index in [-0.39, 0.29) is 5.76 Å². The molecule has 0 saturated heterocycles. The molecule has 3 rings (SSSR count). The number of aromatic nitrogens is 1. The molecule has 132 valence electrons. The van der Waals surface area contributed by atoms with E-state index in [0.717, 1.165) is 10.6 Å². The fraction of sp³-hybridized carbons (Fsp3) is 0.143. The second-order valence-corrected chi connectivity index (χ2v) is 7.54. The van der Waals surface area contributed by atoms with Crippen LogP contribution in [0.4, 0.5) is 5.69 Å². The molecule has 2 aromatic heterocycles. The highest BCUT2D eigenvalue weighted by Crippen LogP contribution is 2.23. The second-order valence-electron chi connectivity index (χ2n) is 6.19. The minimum Gasteiger partial charge on any atom is -0.501 e. The third kappa shape index (κ3) is 4.18. The second kappa shape index (κ2) is 8.25. The van der Waals surface area contributed by atoms with Gasteiger partial charge in [0.05, 0.1) is 4.88 Å². The summed E-state index contributed by atoms with van der Waals surface area (Å²) >= 11 is 7.10. The lowest BCUT2D eigenvalue weighted by Crippen LogP contribution is -2.38. The number of thiocarbonyl (C=S) groups is 1. The van der Waals surface area contributed by atoms with E-state index in [2.05, 4.69) is 31.3 Å². The van der Waals surface area contributed by atoms with Gasteiger partial charge in [-0.3, -0.25) is 0 Å². The highest BCUT2D eigenvalue weighted by atomic mass is 32.1. The number of hydrogen-bond acceptors (Lipinski definition) is 3. The molecule has 0 aliphatic carbocycles. The van der Waals surface area contributed by atoms with Gasteiger partial charge < -0.3 is 10.4 Å². The van der Waals surface area contributed by atoms with E-state index < -0.39 is 0 Å². The number of pyridine rings is 1. The first-order valence-electron chi connectivity index (χ1n) is 8.41. The average Bonchev–Trinajstić information content (AvgIpc) is 3.18. The van der Waals surface area contributed by atoms with Gasteiger partial charge in [0, 0.05) is 17.8 Å². The standard InChI is InChI=1S/C21H20N2OS2/c1-15(2)16-8-10-17(11-9-16)22-21(25)19(23-12-4-3-5-13-23)20(24)18-7-6-14-26-18/h3-15H,1-2H3,(H-,22,24,25)/p+1. The fourth-order valence-corrected chi connectivity index (χ4v) is 3.56. The van der Waals surface area contributed by atoms with Gasteiger partial charge in [-0.2, -0.15) is 4.57 Å². The first-order valence-corrected chi connectivity index (χ1v) is 9.70. The Morgan fingerprint density at radius 2 is 1.73 bits per heavy atom. The van der Waals surface area contributed by atoms with E-state index in [1.807, 2.05) is 64.8 Å². The largest absolute Gasteiger partial charge is 0.501 e. The van der Waals surface area contributed by atoms with E-state index in [0.29, 0.717) is 16.6 Å². The zero-order valence-electron chi connectivity index (χ0n) is 14.7. The molecule has 0 aliphatic heterocycles. The van der Waals surface area contributed by atoms with Crippen LogP contribution in [0.1, 0.15) is 30.2 Å². The van der Waals surface area contributed by atoms with E-state index in [1.54, 1.807) is 0 Å². The van der Waals surface area contributed by atoms with Gasteiger partial charge in [-0.05, 0) is 35.1 Å². The number of nitrogens with one attached hydrogen (secondary N) is 1. The van der Waals surface area contributed by atoms with Gasteiger partial charge in [0.2, 0.25) is 5.76 Å². The molecule has 2 heterocycles. The third-order valence-corrected chi connectivity index (χ3v) is 5.17. The Balaban J connectivity index is 1.94. The SMILES string of the molecule is CC(C)c1ccc(NC(=S)/C(=C(\O)c2cccs2)[n+]2ccccc2)cc1. The van der Waals surface area contributed by atoms with E-state index >= 15 is 0 Å². The molecule has 0 bridgehead atoms. The van der Waals surface area contributed by atoms with Crippen LogP contribution in [0.25, 0.3) is 11.5 Å². The lowest BCUT2D eigenvalue weighted by Gasteiger charge is -2.11. The summed E-state index contributed by atoms with van der Waals surface area (Å²) in [6, 6.07) is 17.7. The maximum atomic E-state index is 10.8. The number of rotatable bonds is 5. The van der Waals surface area contributed by atoms with Crippen LogP contribution in [-0.4, -0.2) is 10.1 Å². The van der Waals surface area contributed by atoms with Crippen LogP contribution in [0.2, 0.25) is 0 Å². The molecule has 0 atom stereocenters. The Kier molecular flexibility index (Phi) is 5.81. The normalized spacial score (nSPS) is 12.0. The predicted molar refractivity (Wildman–Crippen MR) is 113 cm³/mol.